The number of rotatable bonds is 15. The summed E-state index contributed by atoms with van der Waals surface area (Å²) in [7, 11) is 1.85. The molecule has 0 radical (unpaired) electrons. The Labute approximate surface area is 156 Å². The molecular weight excluding hydrogens is 334 g/mol. The van der Waals surface area contributed by atoms with Gasteiger partial charge in [0.25, 0.3) is 0 Å². The molecule has 1 unspecified atom stereocenters. The Morgan fingerprint density at radius 3 is 2.36 bits per heavy atom. The third-order valence-electron chi connectivity index (χ3n) is 3.47. The van der Waals surface area contributed by atoms with E-state index in [1.807, 2.05) is 7.05 Å². The van der Waals surface area contributed by atoms with Crippen LogP contribution in [-0.4, -0.2) is 37.3 Å². The minimum absolute atomic E-state index is 0.414. The number of thioether (sulfide) groups is 1. The van der Waals surface area contributed by atoms with Crippen molar-refractivity contribution in [2.45, 2.75) is 52.5 Å². The zero-order valence-corrected chi connectivity index (χ0v) is 16.7. The standard InChI is InChI=1S/C19H33N3O2S/c1-16(2)7-5-8-17(3)9-6-10-18(22-20-4)11-12-25-14-19(13-23)21-15-24/h7,9,11,13,15,19-20,22H,5-6,8,10,12,14H2,1-4H3,(H,21,24)/b17-9+,18-11-. The number of hydrogen-bond donors (Lipinski definition) is 3. The predicted molar refractivity (Wildman–Crippen MR) is 108 cm³/mol. The summed E-state index contributed by atoms with van der Waals surface area (Å²) in [6, 6.07) is -0.414. The maximum absolute atomic E-state index is 10.8. The van der Waals surface area contributed by atoms with Gasteiger partial charge in [-0.1, -0.05) is 29.4 Å². The van der Waals surface area contributed by atoms with Crippen LogP contribution < -0.4 is 16.2 Å². The minimum Gasteiger partial charge on any atom is -0.348 e. The fraction of sp³-hybridized carbons (Fsp3) is 0.579. The highest BCUT2D eigenvalue weighted by molar-refractivity contribution is 7.99. The first-order chi connectivity index (χ1) is 12.0. The number of nitrogens with one attached hydrogen (secondary N) is 3. The van der Waals surface area contributed by atoms with Crippen molar-refractivity contribution in [3.05, 3.63) is 35.1 Å². The first kappa shape index (κ1) is 23.5. The van der Waals surface area contributed by atoms with Gasteiger partial charge in [-0.15, -0.1) is 0 Å². The van der Waals surface area contributed by atoms with E-state index < -0.39 is 6.04 Å². The predicted octanol–water partition coefficient (Wildman–Crippen LogP) is 3.11. The van der Waals surface area contributed by atoms with E-state index in [0.29, 0.717) is 12.2 Å². The highest BCUT2D eigenvalue weighted by Crippen LogP contribution is 2.11. The minimum atomic E-state index is -0.414. The number of carbonyl (C=O) groups is 2. The van der Waals surface area contributed by atoms with Crippen LogP contribution in [0.15, 0.2) is 35.1 Å². The van der Waals surface area contributed by atoms with Crippen molar-refractivity contribution in [2.24, 2.45) is 0 Å². The van der Waals surface area contributed by atoms with Crippen molar-refractivity contribution >= 4 is 24.5 Å². The van der Waals surface area contributed by atoms with Gasteiger partial charge in [-0.2, -0.15) is 11.8 Å². The molecule has 0 rings (SSSR count). The molecular formula is C19H33N3O2S. The van der Waals surface area contributed by atoms with Crippen LogP contribution >= 0.6 is 11.8 Å². The van der Waals surface area contributed by atoms with E-state index in [9.17, 15) is 9.59 Å². The Morgan fingerprint density at radius 2 is 1.76 bits per heavy atom. The van der Waals surface area contributed by atoms with Gasteiger partial charge in [-0.05, 0) is 46.5 Å². The van der Waals surface area contributed by atoms with Gasteiger partial charge in [-0.25, -0.2) is 5.43 Å². The third kappa shape index (κ3) is 14.5. The zero-order valence-electron chi connectivity index (χ0n) is 15.9. The summed E-state index contributed by atoms with van der Waals surface area (Å²) in [5, 5.41) is 2.49. The first-order valence-corrected chi connectivity index (χ1v) is 9.82. The van der Waals surface area contributed by atoms with E-state index in [-0.39, 0.29) is 0 Å². The van der Waals surface area contributed by atoms with Crippen LogP contribution in [0.4, 0.5) is 0 Å². The lowest BCUT2D eigenvalue weighted by Crippen LogP contribution is -2.31. The molecule has 0 aromatic heterocycles. The van der Waals surface area contributed by atoms with E-state index in [2.05, 4.69) is 55.2 Å². The average Bonchev–Trinajstić information content (AvgIpc) is 2.57. The van der Waals surface area contributed by atoms with Crippen molar-refractivity contribution in [3.63, 3.8) is 0 Å². The molecule has 0 aliphatic heterocycles. The second-order valence-electron chi connectivity index (χ2n) is 6.08. The molecule has 0 saturated heterocycles. The number of hydrazine groups is 1. The number of allylic oxidation sites excluding steroid dienone is 5. The first-order valence-electron chi connectivity index (χ1n) is 8.67. The summed E-state index contributed by atoms with van der Waals surface area (Å²) in [6.45, 7) is 6.44. The highest BCUT2D eigenvalue weighted by atomic mass is 32.2. The molecule has 3 N–H and O–H groups in total. The lowest BCUT2D eigenvalue weighted by atomic mass is 10.1. The molecule has 5 nitrogen and oxygen atoms in total. The molecule has 0 heterocycles. The Hall–Kier alpha value is -1.53. The fourth-order valence-corrected chi connectivity index (χ4v) is 2.99. The highest BCUT2D eigenvalue weighted by Gasteiger charge is 2.04. The second-order valence-corrected chi connectivity index (χ2v) is 7.15. The molecule has 1 amide bonds. The molecule has 25 heavy (non-hydrogen) atoms. The SMILES string of the molecule is CNN/C(=C\CSCC(C=O)NC=O)CC/C=C(\C)CCC=C(C)C. The molecule has 0 aromatic rings. The summed E-state index contributed by atoms with van der Waals surface area (Å²) in [6.07, 6.45) is 12.2. The van der Waals surface area contributed by atoms with Gasteiger partial charge in [0.15, 0.2) is 0 Å². The van der Waals surface area contributed by atoms with Crippen LogP contribution in [0.5, 0.6) is 0 Å². The molecule has 0 aliphatic carbocycles. The van der Waals surface area contributed by atoms with Crippen LogP contribution in [0.1, 0.15) is 46.5 Å². The number of amides is 1. The Kier molecular flexibility index (Phi) is 15.0. The van der Waals surface area contributed by atoms with Crippen molar-refractivity contribution in [3.8, 4) is 0 Å². The summed E-state index contributed by atoms with van der Waals surface area (Å²) < 4.78 is 0. The Bertz CT molecular complexity index is 469. The Morgan fingerprint density at radius 1 is 1.04 bits per heavy atom. The van der Waals surface area contributed by atoms with Gasteiger partial charge >= 0.3 is 0 Å². The van der Waals surface area contributed by atoms with Gasteiger partial charge in [0, 0.05) is 24.3 Å². The van der Waals surface area contributed by atoms with Crippen molar-refractivity contribution < 1.29 is 9.59 Å². The molecule has 0 fully saturated rings. The molecule has 0 aliphatic rings. The summed E-state index contributed by atoms with van der Waals surface area (Å²) in [4.78, 5) is 21.1. The van der Waals surface area contributed by atoms with Crippen molar-refractivity contribution in [2.75, 3.05) is 18.6 Å². The Balaban J connectivity index is 4.24. The van der Waals surface area contributed by atoms with Crippen molar-refractivity contribution in [1.82, 2.24) is 16.2 Å². The lowest BCUT2D eigenvalue weighted by Gasteiger charge is -2.10. The van der Waals surface area contributed by atoms with Crippen LogP contribution in [-0.2, 0) is 9.59 Å². The average molecular weight is 368 g/mol. The molecule has 6 heteroatoms. The number of aldehydes is 1. The monoisotopic (exact) mass is 367 g/mol. The second kappa shape index (κ2) is 16.0. The van der Waals surface area contributed by atoms with E-state index in [0.717, 1.165) is 43.4 Å². The maximum atomic E-state index is 10.8. The van der Waals surface area contributed by atoms with Gasteiger partial charge in [0.1, 0.15) is 6.29 Å². The zero-order chi connectivity index (χ0) is 18.9. The molecule has 1 atom stereocenters. The van der Waals surface area contributed by atoms with E-state index in [1.54, 1.807) is 11.8 Å². The smallest absolute Gasteiger partial charge is 0.207 e. The summed E-state index contributed by atoms with van der Waals surface area (Å²) in [5.74, 6) is 1.37. The molecule has 0 saturated carbocycles. The third-order valence-corrected chi connectivity index (χ3v) is 4.47. The molecule has 142 valence electrons. The largest absolute Gasteiger partial charge is 0.348 e. The van der Waals surface area contributed by atoms with Gasteiger partial charge in [0.05, 0.1) is 6.04 Å². The summed E-state index contributed by atoms with van der Waals surface area (Å²) in [5.41, 5.74) is 10.0. The van der Waals surface area contributed by atoms with Crippen molar-refractivity contribution in [1.29, 1.82) is 0 Å². The van der Waals surface area contributed by atoms with Gasteiger partial charge in [0.2, 0.25) is 6.41 Å². The molecule has 0 bridgehead atoms. The van der Waals surface area contributed by atoms with Gasteiger partial charge < -0.3 is 15.5 Å². The quantitative estimate of drug-likeness (QED) is 0.180. The van der Waals surface area contributed by atoms with Crippen LogP contribution in [0.3, 0.4) is 0 Å². The van der Waals surface area contributed by atoms with Crippen LogP contribution in [0.2, 0.25) is 0 Å². The number of carbonyl (C=O) groups excluding carboxylic acids is 2. The number of hydrogen-bond acceptors (Lipinski definition) is 5. The molecule has 0 aromatic carbocycles. The molecule has 0 spiro atoms. The fourth-order valence-electron chi connectivity index (χ4n) is 2.11. The topological polar surface area (TPSA) is 70.2 Å². The van der Waals surface area contributed by atoms with E-state index >= 15 is 0 Å². The summed E-state index contributed by atoms with van der Waals surface area (Å²) >= 11 is 1.61. The van der Waals surface area contributed by atoms with E-state index in [4.69, 9.17) is 0 Å². The van der Waals surface area contributed by atoms with Crippen LogP contribution in [0.25, 0.3) is 0 Å². The maximum Gasteiger partial charge on any atom is 0.207 e. The van der Waals surface area contributed by atoms with E-state index in [1.165, 1.54) is 11.1 Å². The normalized spacial score (nSPS) is 13.1. The lowest BCUT2D eigenvalue weighted by molar-refractivity contribution is -0.114. The van der Waals surface area contributed by atoms with Gasteiger partial charge in [-0.3, -0.25) is 4.79 Å². The van der Waals surface area contributed by atoms with Crippen LogP contribution in [0, 0.1) is 0 Å².